The molecule has 5 nitrogen and oxygen atoms in total. The van der Waals surface area contributed by atoms with E-state index in [1.165, 1.54) is 0 Å². The quantitative estimate of drug-likeness (QED) is 0.683. The molecule has 0 radical (unpaired) electrons. The fraction of sp³-hybridized carbons (Fsp3) is 0.353. The van der Waals surface area contributed by atoms with Crippen LogP contribution in [-0.4, -0.2) is 29.2 Å². The highest BCUT2D eigenvalue weighted by Crippen LogP contribution is 2.34. The van der Waals surface area contributed by atoms with Crippen molar-refractivity contribution >= 4 is 35.0 Å². The molecule has 1 aromatic rings. The van der Waals surface area contributed by atoms with Crippen molar-refractivity contribution in [3.8, 4) is 0 Å². The molecule has 1 aromatic carbocycles. The summed E-state index contributed by atoms with van der Waals surface area (Å²) in [7, 11) is 0. The number of nitrogens with zero attached hydrogens (tertiary/aromatic N) is 1. The lowest BCUT2D eigenvalue weighted by atomic mass is 9.85. The summed E-state index contributed by atoms with van der Waals surface area (Å²) in [6, 6.07) is 5.12. The van der Waals surface area contributed by atoms with Crippen LogP contribution in [0.5, 0.6) is 0 Å². The van der Waals surface area contributed by atoms with Crippen LogP contribution in [0.3, 0.4) is 0 Å². The van der Waals surface area contributed by atoms with Gasteiger partial charge in [-0.2, -0.15) is 0 Å². The van der Waals surface area contributed by atoms with Crippen molar-refractivity contribution in [3.05, 3.63) is 40.9 Å². The number of carbonyl (C=O) groups excluding carboxylic acids is 3. The van der Waals surface area contributed by atoms with E-state index in [1.807, 2.05) is 19.1 Å². The maximum atomic E-state index is 12.3. The lowest BCUT2D eigenvalue weighted by Crippen LogP contribution is -2.38. The Morgan fingerprint density at radius 1 is 1.22 bits per heavy atom. The summed E-state index contributed by atoms with van der Waals surface area (Å²) >= 11 is 5.88. The van der Waals surface area contributed by atoms with Crippen LogP contribution in [0.2, 0.25) is 5.02 Å². The van der Waals surface area contributed by atoms with Gasteiger partial charge in [0.05, 0.1) is 11.8 Å². The first-order chi connectivity index (χ1) is 11.0. The van der Waals surface area contributed by atoms with E-state index in [1.54, 1.807) is 18.2 Å². The average Bonchev–Trinajstić information content (AvgIpc) is 2.76. The molecule has 3 rings (SSSR count). The van der Waals surface area contributed by atoms with Crippen molar-refractivity contribution < 1.29 is 14.4 Å². The van der Waals surface area contributed by atoms with E-state index < -0.39 is 0 Å². The fourth-order valence-corrected chi connectivity index (χ4v) is 3.35. The molecule has 0 spiro atoms. The van der Waals surface area contributed by atoms with Crippen LogP contribution in [0.15, 0.2) is 30.4 Å². The van der Waals surface area contributed by atoms with Crippen molar-refractivity contribution in [2.75, 3.05) is 11.9 Å². The molecule has 0 saturated carbocycles. The summed E-state index contributed by atoms with van der Waals surface area (Å²) in [6.45, 7) is 1.58. The Hall–Kier alpha value is -2.14. The number of amides is 3. The number of hydrogen-bond donors (Lipinski definition) is 1. The molecule has 0 aromatic heterocycles. The number of hydrogen-bond acceptors (Lipinski definition) is 3. The molecule has 1 fully saturated rings. The summed E-state index contributed by atoms with van der Waals surface area (Å²) in [5, 5.41) is 3.31. The van der Waals surface area contributed by atoms with Gasteiger partial charge in [0, 0.05) is 10.7 Å². The van der Waals surface area contributed by atoms with Gasteiger partial charge < -0.3 is 5.32 Å². The van der Waals surface area contributed by atoms with Gasteiger partial charge in [0.2, 0.25) is 17.7 Å². The Morgan fingerprint density at radius 3 is 2.39 bits per heavy atom. The van der Waals surface area contributed by atoms with E-state index in [9.17, 15) is 14.4 Å². The van der Waals surface area contributed by atoms with Crippen molar-refractivity contribution in [1.82, 2.24) is 4.90 Å². The van der Waals surface area contributed by atoms with Gasteiger partial charge in [-0.15, -0.1) is 0 Å². The molecule has 1 aliphatic carbocycles. The smallest absolute Gasteiger partial charge is 0.244 e. The Labute approximate surface area is 139 Å². The van der Waals surface area contributed by atoms with E-state index >= 15 is 0 Å². The van der Waals surface area contributed by atoms with Crippen LogP contribution in [0.1, 0.15) is 18.4 Å². The Balaban J connectivity index is 1.68. The Bertz CT molecular complexity index is 688. The maximum absolute atomic E-state index is 12.3. The molecule has 2 aliphatic rings. The standard InChI is InChI=1S/C17H17ClN2O3/c1-10-8-11(18)6-7-14(10)19-15(21)9-20-16(22)12-4-2-3-5-13(12)17(20)23/h2-3,6-8,12-13H,4-5,9H2,1H3,(H,19,21). The predicted octanol–water partition coefficient (Wildman–Crippen LogP) is 2.54. The van der Waals surface area contributed by atoms with Crippen LogP contribution >= 0.6 is 11.6 Å². The zero-order valence-electron chi connectivity index (χ0n) is 12.7. The number of halogens is 1. The molecule has 6 heteroatoms. The molecule has 1 heterocycles. The van der Waals surface area contributed by atoms with Crippen LogP contribution < -0.4 is 5.32 Å². The lowest BCUT2D eigenvalue weighted by molar-refractivity contribution is -0.142. The number of imide groups is 1. The third-order valence-corrected chi connectivity index (χ3v) is 4.60. The molecular weight excluding hydrogens is 316 g/mol. The molecule has 23 heavy (non-hydrogen) atoms. The van der Waals surface area contributed by atoms with E-state index in [0.717, 1.165) is 10.5 Å². The number of aryl methyl sites for hydroxylation is 1. The SMILES string of the molecule is Cc1cc(Cl)ccc1NC(=O)CN1C(=O)C2CC=CCC2C1=O. The van der Waals surface area contributed by atoms with E-state index in [-0.39, 0.29) is 36.1 Å². The topological polar surface area (TPSA) is 66.5 Å². The minimum atomic E-state index is -0.385. The van der Waals surface area contributed by atoms with E-state index in [2.05, 4.69) is 5.32 Å². The second-order valence-electron chi connectivity index (χ2n) is 5.93. The molecule has 1 saturated heterocycles. The number of rotatable bonds is 3. The van der Waals surface area contributed by atoms with Crippen LogP contribution in [0.25, 0.3) is 0 Å². The van der Waals surface area contributed by atoms with Crippen molar-refractivity contribution in [2.45, 2.75) is 19.8 Å². The third kappa shape index (κ3) is 3.01. The molecule has 2 atom stereocenters. The fourth-order valence-electron chi connectivity index (χ4n) is 3.13. The summed E-state index contributed by atoms with van der Waals surface area (Å²) in [5.74, 6) is -1.49. The first kappa shape index (κ1) is 15.7. The number of benzene rings is 1. The highest BCUT2D eigenvalue weighted by molar-refractivity contribution is 6.30. The summed E-state index contributed by atoms with van der Waals surface area (Å²) in [5.41, 5.74) is 1.44. The van der Waals surface area contributed by atoms with Crippen LogP contribution in [0.4, 0.5) is 5.69 Å². The largest absolute Gasteiger partial charge is 0.324 e. The van der Waals surface area contributed by atoms with Gasteiger partial charge in [0.1, 0.15) is 6.54 Å². The normalized spacial score (nSPS) is 23.1. The first-order valence-electron chi connectivity index (χ1n) is 7.53. The van der Waals surface area contributed by atoms with Gasteiger partial charge in [-0.1, -0.05) is 23.8 Å². The number of allylic oxidation sites excluding steroid dienone is 2. The van der Waals surface area contributed by atoms with E-state index in [4.69, 9.17) is 11.6 Å². The van der Waals surface area contributed by atoms with Gasteiger partial charge >= 0.3 is 0 Å². The lowest BCUT2D eigenvalue weighted by Gasteiger charge is -2.15. The van der Waals surface area contributed by atoms with Gasteiger partial charge in [0.25, 0.3) is 0 Å². The van der Waals surface area contributed by atoms with Crippen molar-refractivity contribution in [1.29, 1.82) is 0 Å². The molecule has 1 aliphatic heterocycles. The highest BCUT2D eigenvalue weighted by Gasteiger charge is 2.47. The summed E-state index contributed by atoms with van der Waals surface area (Å²) in [4.78, 5) is 37.9. The van der Waals surface area contributed by atoms with Crippen LogP contribution in [-0.2, 0) is 14.4 Å². The number of nitrogens with one attached hydrogen (secondary N) is 1. The molecule has 2 unspecified atom stereocenters. The van der Waals surface area contributed by atoms with Crippen LogP contribution in [0, 0.1) is 18.8 Å². The number of likely N-dealkylation sites (tertiary alicyclic amines) is 1. The third-order valence-electron chi connectivity index (χ3n) is 4.36. The molecule has 1 N–H and O–H groups in total. The predicted molar refractivity (Wildman–Crippen MR) is 86.9 cm³/mol. The molecule has 120 valence electrons. The zero-order chi connectivity index (χ0) is 16.6. The van der Waals surface area contributed by atoms with Gasteiger partial charge in [-0.05, 0) is 43.5 Å². The monoisotopic (exact) mass is 332 g/mol. The van der Waals surface area contributed by atoms with Crippen molar-refractivity contribution in [2.24, 2.45) is 11.8 Å². The van der Waals surface area contributed by atoms with Gasteiger partial charge in [-0.3, -0.25) is 19.3 Å². The Kier molecular flexibility index (Phi) is 4.22. The second-order valence-corrected chi connectivity index (χ2v) is 6.36. The zero-order valence-corrected chi connectivity index (χ0v) is 13.5. The average molecular weight is 333 g/mol. The van der Waals surface area contributed by atoms with Gasteiger partial charge in [-0.25, -0.2) is 0 Å². The number of anilines is 1. The number of carbonyl (C=O) groups is 3. The minimum absolute atomic E-state index is 0.243. The van der Waals surface area contributed by atoms with Gasteiger partial charge in [0.15, 0.2) is 0 Å². The summed E-state index contributed by atoms with van der Waals surface area (Å²) < 4.78 is 0. The second kappa shape index (κ2) is 6.16. The molecular formula is C17H17ClN2O3. The molecule has 0 bridgehead atoms. The Morgan fingerprint density at radius 2 is 1.83 bits per heavy atom. The minimum Gasteiger partial charge on any atom is -0.324 e. The van der Waals surface area contributed by atoms with Crippen molar-refractivity contribution in [3.63, 3.8) is 0 Å². The first-order valence-corrected chi connectivity index (χ1v) is 7.91. The summed E-state index contributed by atoms with van der Waals surface area (Å²) in [6.07, 6.45) is 4.99. The molecule has 3 amide bonds. The van der Waals surface area contributed by atoms with E-state index in [0.29, 0.717) is 23.6 Å². The number of fused-ring (bicyclic) bond motifs is 1. The maximum Gasteiger partial charge on any atom is 0.244 e. The highest BCUT2D eigenvalue weighted by atomic mass is 35.5.